The van der Waals surface area contributed by atoms with Gasteiger partial charge in [-0.3, -0.25) is 14.4 Å². The molecule has 2 aromatic rings. The van der Waals surface area contributed by atoms with Gasteiger partial charge in [0.05, 0.1) is 18.3 Å². The molecule has 0 heterocycles. The Kier molecular flexibility index (Phi) is 9.95. The Morgan fingerprint density at radius 2 is 1.85 bits per heavy atom. The summed E-state index contributed by atoms with van der Waals surface area (Å²) in [6.07, 6.45) is 4.10. The number of ketones is 1. The predicted molar refractivity (Wildman–Crippen MR) is 180 cm³/mol. The van der Waals surface area contributed by atoms with Crippen LogP contribution in [0.5, 0.6) is 0 Å². The molecule has 8 nitrogen and oxygen atoms in total. The van der Waals surface area contributed by atoms with Crippen molar-refractivity contribution in [1.82, 2.24) is 0 Å². The van der Waals surface area contributed by atoms with Crippen molar-refractivity contribution in [3.8, 4) is 0 Å². The number of Topliss-reactive ketones (excluding diaryl/α,β-unsaturated/α-hetero) is 1. The van der Waals surface area contributed by atoms with E-state index < -0.39 is 30.2 Å². The summed E-state index contributed by atoms with van der Waals surface area (Å²) < 4.78 is 6.35. The molecule has 0 unspecified atom stereocenters. The molecule has 1 amide bonds. The third-order valence-electron chi connectivity index (χ3n) is 11.7. The Morgan fingerprint density at radius 1 is 1.13 bits per heavy atom. The van der Waals surface area contributed by atoms with Gasteiger partial charge in [-0.15, -0.1) is 18.3 Å². The highest BCUT2D eigenvalue weighted by atomic mass is 32.2. The zero-order valence-electron chi connectivity index (χ0n) is 27.2. The van der Waals surface area contributed by atoms with Crippen LogP contribution < -0.4 is 10.8 Å². The first kappa shape index (κ1) is 34.4. The maximum absolute atomic E-state index is 13.6. The minimum Gasteiger partial charge on any atom is -0.461 e. The highest BCUT2D eigenvalue weighted by molar-refractivity contribution is 8.00. The van der Waals surface area contributed by atoms with Crippen LogP contribution in [0.1, 0.15) is 65.4 Å². The number of esters is 1. The average molecular weight is 648 g/mol. The molecule has 10 heteroatoms. The summed E-state index contributed by atoms with van der Waals surface area (Å²) in [5, 5.41) is 33.1. The van der Waals surface area contributed by atoms with Gasteiger partial charge in [0.15, 0.2) is 0 Å². The lowest BCUT2D eigenvalue weighted by Gasteiger charge is -2.61. The first-order valence-corrected chi connectivity index (χ1v) is 17.2. The van der Waals surface area contributed by atoms with Gasteiger partial charge in [0, 0.05) is 33.8 Å². The second-order valence-electron chi connectivity index (χ2n) is 14.2. The van der Waals surface area contributed by atoms with Crippen LogP contribution in [-0.4, -0.2) is 57.9 Å². The molecule has 0 aromatic heterocycles. The van der Waals surface area contributed by atoms with E-state index in [2.05, 4.69) is 32.7 Å². The second kappa shape index (κ2) is 13.3. The Morgan fingerprint density at radius 3 is 2.52 bits per heavy atom. The molecule has 5 rings (SSSR count). The van der Waals surface area contributed by atoms with Gasteiger partial charge in [-0.1, -0.05) is 64.1 Å². The molecule has 3 fully saturated rings. The third-order valence-corrected chi connectivity index (χ3v) is 12.7. The van der Waals surface area contributed by atoms with Crippen LogP contribution in [0.25, 0.3) is 0 Å². The van der Waals surface area contributed by atoms with Gasteiger partial charge in [0.1, 0.15) is 11.9 Å². The van der Waals surface area contributed by atoms with E-state index >= 15 is 0 Å². The van der Waals surface area contributed by atoms with Gasteiger partial charge in [0.25, 0.3) is 0 Å². The molecular formula is C36H46BNO7S. The zero-order valence-corrected chi connectivity index (χ0v) is 28.0. The molecule has 8 atom stereocenters. The van der Waals surface area contributed by atoms with E-state index in [1.807, 2.05) is 19.1 Å². The minimum atomic E-state index is -1.56. The van der Waals surface area contributed by atoms with E-state index in [9.17, 15) is 29.5 Å². The normalized spacial score (nSPS) is 33.7. The van der Waals surface area contributed by atoms with Crippen molar-refractivity contribution in [3.05, 3.63) is 66.7 Å². The van der Waals surface area contributed by atoms with E-state index in [1.165, 1.54) is 11.8 Å². The van der Waals surface area contributed by atoms with Gasteiger partial charge in [0.2, 0.25) is 5.91 Å². The van der Waals surface area contributed by atoms with Gasteiger partial charge in [-0.05, 0) is 72.2 Å². The number of ether oxygens (including phenoxy) is 1. The molecular weight excluding hydrogens is 601 g/mol. The first-order chi connectivity index (χ1) is 21.7. The summed E-state index contributed by atoms with van der Waals surface area (Å²) in [5.74, 6) is -0.524. The van der Waals surface area contributed by atoms with Crippen LogP contribution in [0.3, 0.4) is 0 Å². The molecule has 3 saturated carbocycles. The van der Waals surface area contributed by atoms with Crippen molar-refractivity contribution in [3.63, 3.8) is 0 Å². The summed E-state index contributed by atoms with van der Waals surface area (Å²) in [6.45, 7) is 12.5. The van der Waals surface area contributed by atoms with Crippen LogP contribution in [0.15, 0.2) is 66.1 Å². The largest absolute Gasteiger partial charge is 0.488 e. The van der Waals surface area contributed by atoms with E-state index in [-0.39, 0.29) is 53.0 Å². The van der Waals surface area contributed by atoms with E-state index in [1.54, 1.807) is 42.5 Å². The third kappa shape index (κ3) is 6.33. The molecule has 3 aliphatic rings. The van der Waals surface area contributed by atoms with Gasteiger partial charge >= 0.3 is 13.1 Å². The number of aliphatic hydroxyl groups is 1. The monoisotopic (exact) mass is 647 g/mol. The number of rotatable bonds is 9. The fourth-order valence-electron chi connectivity index (χ4n) is 8.70. The Balaban J connectivity index is 1.28. The molecule has 0 spiro atoms. The SMILES string of the molecule is C=C[C@]1(C)C[C@@H](OC(=O)CSc2cccc(NC(=O)Cc3ccc(B(O)O)cc3)c2)[C@]2(C)[C@H](C)CC[C@]3(CCC(=O)[C@H]32)[C@@H](C)[C@@H]1O. The Hall–Kier alpha value is -2.92. The number of carbonyl (C=O) groups excluding carboxylic acids is 3. The van der Waals surface area contributed by atoms with E-state index in [4.69, 9.17) is 4.74 Å². The number of aliphatic hydroxyl groups excluding tert-OH is 1. The van der Waals surface area contributed by atoms with E-state index in [0.717, 1.165) is 29.7 Å². The maximum atomic E-state index is 13.6. The van der Waals surface area contributed by atoms with Crippen LogP contribution >= 0.6 is 11.8 Å². The van der Waals surface area contributed by atoms with Gasteiger partial charge < -0.3 is 25.2 Å². The smallest absolute Gasteiger partial charge is 0.461 e. The maximum Gasteiger partial charge on any atom is 0.488 e. The molecule has 0 radical (unpaired) electrons. The quantitative estimate of drug-likeness (QED) is 0.135. The fourth-order valence-corrected chi connectivity index (χ4v) is 9.44. The highest BCUT2D eigenvalue weighted by Gasteiger charge is 2.68. The number of nitrogens with one attached hydrogen (secondary N) is 1. The number of carbonyl (C=O) groups is 3. The Bertz CT molecular complexity index is 1480. The Labute approximate surface area is 276 Å². The van der Waals surface area contributed by atoms with Crippen LogP contribution in [-0.2, 0) is 25.5 Å². The van der Waals surface area contributed by atoms with Crippen molar-refractivity contribution < 1.29 is 34.3 Å². The van der Waals surface area contributed by atoms with Crippen molar-refractivity contribution in [2.24, 2.45) is 34.0 Å². The van der Waals surface area contributed by atoms with Crippen LogP contribution in [0.4, 0.5) is 5.69 Å². The minimum absolute atomic E-state index is 0.0505. The summed E-state index contributed by atoms with van der Waals surface area (Å²) in [5.41, 5.74) is 0.109. The van der Waals surface area contributed by atoms with Gasteiger partial charge in [-0.25, -0.2) is 0 Å². The standard InChI is InChI=1S/C36H46BNO7S/c1-6-34(4)20-29(35(5)22(2)14-16-36(23(3)33(34)42)17-15-28(39)32(35)36)45-31(41)21-46-27-9-7-8-26(19-27)38-30(40)18-24-10-12-25(13-11-24)37(43)44/h6-13,19,22-23,29,32-33,42-44H,1,14-18,20-21H2,2-5H3,(H,38,40)/t22-,23+,29-,32+,33+,34-,35+,36+/m1/s1. The van der Waals surface area contributed by atoms with Crippen molar-refractivity contribution >= 4 is 47.7 Å². The number of amides is 1. The van der Waals surface area contributed by atoms with E-state index in [0.29, 0.717) is 24.0 Å². The molecule has 2 bridgehead atoms. The van der Waals surface area contributed by atoms with Crippen LogP contribution in [0.2, 0.25) is 0 Å². The summed E-state index contributed by atoms with van der Waals surface area (Å²) in [7, 11) is -1.56. The summed E-state index contributed by atoms with van der Waals surface area (Å²) in [6, 6.07) is 13.7. The lowest BCUT2D eigenvalue weighted by atomic mass is 9.44. The summed E-state index contributed by atoms with van der Waals surface area (Å²) >= 11 is 1.31. The zero-order chi connectivity index (χ0) is 33.4. The number of thioether (sulfide) groups is 1. The van der Waals surface area contributed by atoms with Crippen molar-refractivity contribution in [1.29, 1.82) is 0 Å². The molecule has 0 aliphatic heterocycles. The fraction of sp³-hybridized carbons (Fsp3) is 0.528. The van der Waals surface area contributed by atoms with Crippen LogP contribution in [0, 0.1) is 34.0 Å². The first-order valence-electron chi connectivity index (χ1n) is 16.2. The predicted octanol–water partition coefficient (Wildman–Crippen LogP) is 4.55. The number of hydrogen-bond donors (Lipinski definition) is 4. The molecule has 46 heavy (non-hydrogen) atoms. The second-order valence-corrected chi connectivity index (χ2v) is 15.3. The molecule has 4 N–H and O–H groups in total. The molecule has 3 aliphatic carbocycles. The van der Waals surface area contributed by atoms with Crippen molar-refractivity contribution in [2.75, 3.05) is 11.1 Å². The number of anilines is 1. The lowest BCUT2D eigenvalue weighted by Crippen LogP contribution is -2.63. The van der Waals surface area contributed by atoms with Crippen molar-refractivity contribution in [2.45, 2.75) is 83.3 Å². The van der Waals surface area contributed by atoms with Gasteiger partial charge in [-0.2, -0.15) is 0 Å². The molecule has 0 saturated heterocycles. The topological polar surface area (TPSA) is 133 Å². The molecule has 2 aromatic carbocycles. The number of hydrogen-bond acceptors (Lipinski definition) is 8. The highest BCUT2D eigenvalue weighted by Crippen LogP contribution is 2.68. The number of benzene rings is 2. The summed E-state index contributed by atoms with van der Waals surface area (Å²) in [4.78, 5) is 40.6. The lowest BCUT2D eigenvalue weighted by molar-refractivity contribution is -0.205. The molecule has 246 valence electrons. The average Bonchev–Trinajstić information content (AvgIpc) is 3.38.